The van der Waals surface area contributed by atoms with Crippen molar-refractivity contribution in [2.75, 3.05) is 6.61 Å². The van der Waals surface area contributed by atoms with E-state index in [0.717, 1.165) is 0 Å². The second kappa shape index (κ2) is 5.66. The lowest BCUT2D eigenvalue weighted by Gasteiger charge is -2.15. The number of aliphatic hydroxyl groups excluding tert-OH is 1. The topological polar surface area (TPSA) is 127 Å². The lowest BCUT2D eigenvalue weighted by atomic mass is 9.97. The number of hydrogen-bond acceptors (Lipinski definition) is 8. The third-order valence-electron chi connectivity index (χ3n) is 3.30. The molecule has 1 unspecified atom stereocenters. The van der Waals surface area contributed by atoms with Gasteiger partial charge in [0, 0.05) is 11.1 Å². The molecule has 0 amide bonds. The summed E-state index contributed by atoms with van der Waals surface area (Å²) in [6.07, 6.45) is 0.410. The summed E-state index contributed by atoms with van der Waals surface area (Å²) in [6, 6.07) is 4.41. The first kappa shape index (κ1) is 15.8. The highest BCUT2D eigenvalue weighted by atomic mass is 17.2. The molecule has 2 rings (SSSR count). The second-order valence-electron chi connectivity index (χ2n) is 4.55. The zero-order valence-corrected chi connectivity index (χ0v) is 11.5. The minimum absolute atomic E-state index is 0.0528. The highest BCUT2D eigenvalue weighted by molar-refractivity contribution is 6.41. The number of fused-ring (bicyclic) bond motifs is 1. The van der Waals surface area contributed by atoms with Crippen molar-refractivity contribution in [2.24, 2.45) is 0 Å². The van der Waals surface area contributed by atoms with E-state index in [1.807, 2.05) is 0 Å². The first-order valence-electron chi connectivity index (χ1n) is 6.34. The third kappa shape index (κ3) is 2.18. The van der Waals surface area contributed by atoms with Crippen LogP contribution in [0.25, 0.3) is 0 Å². The van der Waals surface area contributed by atoms with Gasteiger partial charge in [0.15, 0.2) is 0 Å². The molecule has 8 nitrogen and oxygen atoms in total. The summed E-state index contributed by atoms with van der Waals surface area (Å²) in [7, 11) is 0. The van der Waals surface area contributed by atoms with E-state index in [4.69, 9.17) is 5.11 Å². The molecule has 1 aromatic rings. The van der Waals surface area contributed by atoms with Gasteiger partial charge in [0.1, 0.15) is 6.61 Å². The van der Waals surface area contributed by atoms with Crippen LogP contribution in [0.2, 0.25) is 0 Å². The van der Waals surface area contributed by atoms with Crippen LogP contribution >= 0.6 is 0 Å². The van der Waals surface area contributed by atoms with E-state index in [0.29, 0.717) is 12.0 Å². The normalized spacial score (nSPS) is 19.8. The number of hydrogen-bond donors (Lipinski definition) is 2. The van der Waals surface area contributed by atoms with Gasteiger partial charge in [-0.3, -0.25) is 9.59 Å². The van der Waals surface area contributed by atoms with Crippen molar-refractivity contribution < 1.29 is 39.2 Å². The Morgan fingerprint density at radius 3 is 2.45 bits per heavy atom. The molecule has 2 N–H and O–H groups in total. The number of ketones is 2. The molecule has 0 radical (unpaired) electrons. The predicted molar refractivity (Wildman–Crippen MR) is 68.7 cm³/mol. The van der Waals surface area contributed by atoms with E-state index in [-0.39, 0.29) is 11.1 Å². The van der Waals surface area contributed by atoms with E-state index in [9.17, 15) is 24.3 Å². The van der Waals surface area contributed by atoms with Crippen molar-refractivity contribution in [2.45, 2.75) is 18.9 Å². The average Bonchev–Trinajstić information content (AvgIpc) is 2.74. The fourth-order valence-electron chi connectivity index (χ4n) is 2.19. The Morgan fingerprint density at radius 1 is 1.18 bits per heavy atom. The summed E-state index contributed by atoms with van der Waals surface area (Å²) in [6.45, 7) is 0.667. The Morgan fingerprint density at radius 2 is 1.86 bits per heavy atom. The Balaban J connectivity index is 2.37. The number of aliphatic hydroxyl groups is 2. The van der Waals surface area contributed by atoms with Crippen LogP contribution in [0.1, 0.15) is 33.2 Å². The highest BCUT2D eigenvalue weighted by Crippen LogP contribution is 2.33. The van der Waals surface area contributed by atoms with Crippen LogP contribution in [0.3, 0.4) is 0 Å². The Bertz CT molecular complexity index is 677. The Hall–Kier alpha value is -2.58. The molecule has 0 heterocycles. The minimum atomic E-state index is -3.09. The minimum Gasteiger partial charge on any atom is -0.384 e. The van der Waals surface area contributed by atoms with E-state index in [1.54, 1.807) is 13.0 Å². The van der Waals surface area contributed by atoms with Gasteiger partial charge in [0.05, 0.1) is 0 Å². The summed E-state index contributed by atoms with van der Waals surface area (Å²) >= 11 is 0. The van der Waals surface area contributed by atoms with Crippen LogP contribution in [0.5, 0.6) is 0 Å². The van der Waals surface area contributed by atoms with Crippen molar-refractivity contribution >= 4 is 23.5 Å². The van der Waals surface area contributed by atoms with Crippen molar-refractivity contribution in [1.29, 1.82) is 0 Å². The van der Waals surface area contributed by atoms with Crippen molar-refractivity contribution in [1.82, 2.24) is 0 Å². The lowest BCUT2D eigenvalue weighted by molar-refractivity contribution is -0.266. The zero-order valence-electron chi connectivity index (χ0n) is 11.5. The van der Waals surface area contributed by atoms with Crippen LogP contribution in [0, 0.1) is 0 Å². The molecule has 0 saturated heterocycles. The fraction of sp³-hybridized carbons (Fsp3) is 0.286. The number of carbonyl (C=O) groups excluding carboxylic acids is 4. The maximum absolute atomic E-state index is 12.3. The first-order chi connectivity index (χ1) is 10.4. The number of aryl methyl sites for hydroxylation is 1. The first-order valence-corrected chi connectivity index (χ1v) is 6.34. The number of rotatable bonds is 3. The van der Waals surface area contributed by atoms with E-state index >= 15 is 0 Å². The zero-order chi connectivity index (χ0) is 16.5. The smallest absolute Gasteiger partial charge is 0.384 e. The molecule has 0 aliphatic heterocycles. The molecule has 0 bridgehead atoms. The molecule has 1 aliphatic carbocycles. The van der Waals surface area contributed by atoms with E-state index < -0.39 is 35.7 Å². The van der Waals surface area contributed by atoms with Crippen LogP contribution < -0.4 is 0 Å². The SMILES string of the molecule is CCc1cccc2c1C(=O)C(O)(C(=O)OOC(=O)CO)C2=O. The summed E-state index contributed by atoms with van der Waals surface area (Å²) in [5.41, 5.74) is -2.75. The van der Waals surface area contributed by atoms with Crippen molar-refractivity contribution in [3.05, 3.63) is 34.9 Å². The Labute approximate surface area is 124 Å². The van der Waals surface area contributed by atoms with Gasteiger partial charge in [0.2, 0.25) is 11.6 Å². The fourth-order valence-corrected chi connectivity index (χ4v) is 2.19. The van der Waals surface area contributed by atoms with Gasteiger partial charge >= 0.3 is 11.9 Å². The van der Waals surface area contributed by atoms with Gasteiger partial charge in [-0.2, -0.15) is 0 Å². The number of benzene rings is 1. The van der Waals surface area contributed by atoms with Gasteiger partial charge in [-0.15, -0.1) is 0 Å². The highest BCUT2D eigenvalue weighted by Gasteiger charge is 2.60. The molecule has 0 spiro atoms. The van der Waals surface area contributed by atoms with E-state index in [2.05, 4.69) is 9.78 Å². The second-order valence-corrected chi connectivity index (χ2v) is 4.55. The molecule has 0 aromatic heterocycles. The van der Waals surface area contributed by atoms with Gasteiger partial charge in [-0.25, -0.2) is 19.4 Å². The van der Waals surface area contributed by atoms with Crippen LogP contribution in [0.15, 0.2) is 18.2 Å². The van der Waals surface area contributed by atoms with E-state index in [1.165, 1.54) is 12.1 Å². The maximum atomic E-state index is 12.3. The molecule has 1 aliphatic rings. The van der Waals surface area contributed by atoms with Crippen molar-refractivity contribution in [3.63, 3.8) is 0 Å². The molecule has 8 heteroatoms. The van der Waals surface area contributed by atoms with Gasteiger partial charge in [-0.05, 0) is 12.0 Å². The molecule has 116 valence electrons. The number of carbonyl (C=O) groups is 4. The monoisotopic (exact) mass is 308 g/mol. The third-order valence-corrected chi connectivity index (χ3v) is 3.30. The summed E-state index contributed by atoms with van der Waals surface area (Å²) in [4.78, 5) is 54.9. The Kier molecular flexibility index (Phi) is 4.07. The molecule has 22 heavy (non-hydrogen) atoms. The average molecular weight is 308 g/mol. The van der Waals surface area contributed by atoms with Gasteiger partial charge in [-0.1, -0.05) is 25.1 Å². The molecule has 1 aromatic carbocycles. The molecule has 0 saturated carbocycles. The quantitative estimate of drug-likeness (QED) is 0.428. The molecule has 0 fully saturated rings. The molecular weight excluding hydrogens is 296 g/mol. The van der Waals surface area contributed by atoms with Crippen molar-refractivity contribution in [3.8, 4) is 0 Å². The summed E-state index contributed by atoms with van der Waals surface area (Å²) in [5, 5.41) is 18.6. The number of Topliss-reactive ketones (excluding diaryl/α,β-unsaturated/α-hetero) is 2. The van der Waals surface area contributed by atoms with Crippen LogP contribution in [0.4, 0.5) is 0 Å². The molecular formula is C14H12O8. The summed E-state index contributed by atoms with van der Waals surface area (Å²) in [5.74, 6) is -5.33. The predicted octanol–water partition coefficient (Wildman–Crippen LogP) is -0.647. The standard InChI is InChI=1S/C14H12O8/c1-2-7-4-3-5-8-10(7)12(18)14(20,11(8)17)13(19)22-21-9(16)6-15/h3-5,15,20H,2,6H2,1H3. The van der Waals surface area contributed by atoms with Gasteiger partial charge in [0.25, 0.3) is 5.60 Å². The van der Waals surface area contributed by atoms with Gasteiger partial charge < -0.3 is 10.2 Å². The van der Waals surface area contributed by atoms with Crippen LogP contribution in [-0.4, -0.2) is 45.9 Å². The maximum Gasteiger partial charge on any atom is 0.403 e. The van der Waals surface area contributed by atoms with Crippen LogP contribution in [-0.2, 0) is 25.8 Å². The molecule has 1 atom stereocenters. The lowest BCUT2D eigenvalue weighted by Crippen LogP contribution is -2.50. The largest absolute Gasteiger partial charge is 0.403 e. The summed E-state index contributed by atoms with van der Waals surface area (Å²) < 4.78 is 0.